The summed E-state index contributed by atoms with van der Waals surface area (Å²) in [7, 11) is 0. The van der Waals surface area contributed by atoms with Crippen molar-refractivity contribution in [3.63, 3.8) is 0 Å². The quantitative estimate of drug-likeness (QED) is 0.159. The Morgan fingerprint density at radius 1 is 0.588 bits per heavy atom. The van der Waals surface area contributed by atoms with Gasteiger partial charge in [0.2, 0.25) is 10.3 Å². The highest BCUT2D eigenvalue weighted by Gasteiger charge is 2.11. The van der Waals surface area contributed by atoms with Crippen molar-refractivity contribution >= 4 is 72.4 Å². The fourth-order valence-corrected chi connectivity index (χ4v) is 6.42. The lowest BCUT2D eigenvalue weighted by atomic mass is 10.1. The second kappa shape index (κ2) is 16.5. The van der Waals surface area contributed by atoms with Gasteiger partial charge in [-0.05, 0) is 47.5 Å². The number of hydrogen-bond acceptors (Lipinski definition) is 12. The molecular weight excluding hydrogens is 696 g/mol. The molecule has 0 aliphatic heterocycles. The molecule has 0 amide bonds. The zero-order valence-electron chi connectivity index (χ0n) is 28.4. The maximum Gasteiger partial charge on any atom is 0.211 e. The van der Waals surface area contributed by atoms with Gasteiger partial charge in [0.05, 0.1) is 22.1 Å². The zero-order chi connectivity index (χ0) is 35.7. The highest BCUT2D eigenvalue weighted by Crippen LogP contribution is 2.30. The van der Waals surface area contributed by atoms with Crippen molar-refractivity contribution in [1.29, 1.82) is 0 Å². The first-order chi connectivity index (χ1) is 24.7. The number of halogens is 1. The topological polar surface area (TPSA) is 141 Å². The van der Waals surface area contributed by atoms with Gasteiger partial charge in [0.25, 0.3) is 0 Å². The summed E-state index contributed by atoms with van der Waals surface area (Å²) in [6.45, 7) is 8.35. The first kappa shape index (κ1) is 35.4. The number of nitrogens with two attached hydrogens (primary N) is 1. The SMILES string of the molecule is CC(C)c1nnc(N)s1.CC(C)c1nnc(Nc2ccc3nccc(-c4ccccc4)c3n2)s1.Clc1ccc2nccc(-c3ccccc3)c2n1. The van der Waals surface area contributed by atoms with Gasteiger partial charge in [0, 0.05) is 35.4 Å². The Morgan fingerprint density at radius 2 is 1.12 bits per heavy atom. The van der Waals surface area contributed by atoms with E-state index in [2.05, 4.69) is 92.6 Å². The van der Waals surface area contributed by atoms with Crippen LogP contribution in [0.3, 0.4) is 0 Å². The summed E-state index contributed by atoms with van der Waals surface area (Å²) >= 11 is 8.94. The largest absolute Gasteiger partial charge is 0.374 e. The lowest BCUT2D eigenvalue weighted by molar-refractivity contribution is 0.825. The summed E-state index contributed by atoms with van der Waals surface area (Å²) in [6, 6.07) is 31.8. The number of anilines is 3. The summed E-state index contributed by atoms with van der Waals surface area (Å²) in [4.78, 5) is 17.8. The number of pyridine rings is 4. The summed E-state index contributed by atoms with van der Waals surface area (Å²) in [6.07, 6.45) is 3.61. The molecule has 0 saturated carbocycles. The van der Waals surface area contributed by atoms with Crippen LogP contribution in [0.4, 0.5) is 16.1 Å². The Labute approximate surface area is 308 Å². The lowest BCUT2D eigenvalue weighted by Crippen LogP contribution is -1.95. The maximum atomic E-state index is 5.94. The standard InChI is InChI=1S/C19H17N5S.C14H9ClN2.C5H9N3S/c1-12(2)18-23-24-19(25-18)22-16-9-8-15-17(21-16)14(10-11-20-15)13-6-4-3-5-7-13;15-13-7-6-12-14(17-13)11(8-9-16-12)10-4-2-1-3-5-10;1-3(2)4-7-8-5(6)9-4/h3-12H,1-2H3,(H,21,22,24);1-9H;3H,1-2H3,(H2,6,8). The number of aromatic nitrogens is 8. The van der Waals surface area contributed by atoms with Gasteiger partial charge in [-0.1, -0.05) is 123 Å². The maximum absolute atomic E-state index is 5.94. The molecule has 3 N–H and O–H groups in total. The lowest BCUT2D eigenvalue weighted by Gasteiger charge is -2.08. The molecule has 0 fully saturated rings. The van der Waals surface area contributed by atoms with Gasteiger partial charge in [0.1, 0.15) is 21.0 Å². The second-order valence-electron chi connectivity index (χ2n) is 11.9. The van der Waals surface area contributed by atoms with Gasteiger partial charge in [-0.3, -0.25) is 9.97 Å². The molecule has 256 valence electrons. The van der Waals surface area contributed by atoms with E-state index in [4.69, 9.17) is 22.3 Å². The number of nitrogens with one attached hydrogen (secondary N) is 1. The Morgan fingerprint density at radius 3 is 1.63 bits per heavy atom. The van der Waals surface area contributed by atoms with E-state index in [9.17, 15) is 0 Å². The molecular formula is C38H35ClN10S2. The number of hydrogen-bond donors (Lipinski definition) is 2. The summed E-state index contributed by atoms with van der Waals surface area (Å²) in [5, 5.41) is 23.0. The summed E-state index contributed by atoms with van der Waals surface area (Å²) in [5.41, 5.74) is 13.2. The number of fused-ring (bicyclic) bond motifs is 2. The molecule has 10 nitrogen and oxygen atoms in total. The minimum atomic E-state index is 0.367. The first-order valence-corrected chi connectivity index (χ1v) is 18.2. The van der Waals surface area contributed by atoms with Crippen molar-refractivity contribution in [3.8, 4) is 22.3 Å². The second-order valence-corrected chi connectivity index (χ2v) is 14.3. The molecule has 0 aliphatic carbocycles. The van der Waals surface area contributed by atoms with Gasteiger partial charge < -0.3 is 11.1 Å². The van der Waals surface area contributed by atoms with Crippen LogP contribution in [-0.4, -0.2) is 40.3 Å². The predicted molar refractivity (Wildman–Crippen MR) is 211 cm³/mol. The van der Waals surface area contributed by atoms with E-state index in [-0.39, 0.29) is 0 Å². The molecule has 8 aromatic rings. The number of nitrogen functional groups attached to an aromatic ring is 1. The molecule has 6 aromatic heterocycles. The molecule has 13 heteroatoms. The van der Waals surface area contributed by atoms with Crippen molar-refractivity contribution in [2.75, 3.05) is 11.1 Å². The van der Waals surface area contributed by atoms with E-state index in [1.807, 2.05) is 72.9 Å². The van der Waals surface area contributed by atoms with Crippen LogP contribution in [0.2, 0.25) is 5.15 Å². The smallest absolute Gasteiger partial charge is 0.211 e. The van der Waals surface area contributed by atoms with E-state index < -0.39 is 0 Å². The van der Waals surface area contributed by atoms with Crippen molar-refractivity contribution < 1.29 is 0 Å². The van der Waals surface area contributed by atoms with Crippen LogP contribution >= 0.6 is 34.3 Å². The van der Waals surface area contributed by atoms with Crippen molar-refractivity contribution in [2.24, 2.45) is 0 Å². The van der Waals surface area contributed by atoms with Gasteiger partial charge in [0.15, 0.2) is 0 Å². The molecule has 0 saturated heterocycles. The number of benzene rings is 2. The molecule has 8 rings (SSSR count). The van der Waals surface area contributed by atoms with Crippen LogP contribution in [0.25, 0.3) is 44.3 Å². The molecule has 0 spiro atoms. The van der Waals surface area contributed by atoms with Gasteiger partial charge >= 0.3 is 0 Å². The normalized spacial score (nSPS) is 10.9. The fourth-order valence-electron chi connectivity index (χ4n) is 4.91. The van der Waals surface area contributed by atoms with E-state index in [0.29, 0.717) is 22.1 Å². The third kappa shape index (κ3) is 9.03. The Hall–Kier alpha value is -5.43. The highest BCUT2D eigenvalue weighted by atomic mass is 35.5. The van der Waals surface area contributed by atoms with E-state index in [1.165, 1.54) is 11.3 Å². The van der Waals surface area contributed by atoms with Crippen LogP contribution < -0.4 is 11.1 Å². The summed E-state index contributed by atoms with van der Waals surface area (Å²) < 4.78 is 0. The average molecular weight is 731 g/mol. The van der Waals surface area contributed by atoms with Gasteiger partial charge in [-0.15, -0.1) is 20.4 Å². The molecule has 2 aromatic carbocycles. The molecule has 0 aliphatic rings. The molecule has 6 heterocycles. The number of nitrogens with zero attached hydrogens (tertiary/aromatic N) is 8. The molecule has 0 unspecified atom stereocenters. The zero-order valence-corrected chi connectivity index (χ0v) is 30.8. The van der Waals surface area contributed by atoms with E-state index >= 15 is 0 Å². The van der Waals surface area contributed by atoms with Gasteiger partial charge in [-0.25, -0.2) is 9.97 Å². The van der Waals surface area contributed by atoms with Crippen LogP contribution in [0.5, 0.6) is 0 Å². The summed E-state index contributed by atoms with van der Waals surface area (Å²) in [5.74, 6) is 1.55. The Kier molecular flexibility index (Phi) is 11.5. The highest BCUT2D eigenvalue weighted by molar-refractivity contribution is 7.15. The molecule has 51 heavy (non-hydrogen) atoms. The Bertz CT molecular complexity index is 2340. The van der Waals surface area contributed by atoms with E-state index in [0.717, 1.165) is 65.3 Å². The van der Waals surface area contributed by atoms with E-state index in [1.54, 1.807) is 23.6 Å². The Balaban J connectivity index is 0.000000148. The van der Waals surface area contributed by atoms with Crippen LogP contribution in [-0.2, 0) is 0 Å². The first-order valence-electron chi connectivity index (χ1n) is 16.2. The van der Waals surface area contributed by atoms with Gasteiger partial charge in [-0.2, -0.15) is 0 Å². The minimum Gasteiger partial charge on any atom is -0.374 e. The fraction of sp³-hybridized carbons (Fsp3) is 0.158. The molecule has 0 radical (unpaired) electrons. The minimum absolute atomic E-state index is 0.367. The third-order valence-electron chi connectivity index (χ3n) is 7.42. The molecule has 0 atom stereocenters. The third-order valence-corrected chi connectivity index (χ3v) is 9.83. The van der Waals surface area contributed by atoms with Crippen LogP contribution in [0, 0.1) is 0 Å². The van der Waals surface area contributed by atoms with Crippen molar-refractivity contribution in [3.05, 3.63) is 125 Å². The predicted octanol–water partition coefficient (Wildman–Crippen LogP) is 10.2. The van der Waals surface area contributed by atoms with Crippen molar-refractivity contribution in [1.82, 2.24) is 40.3 Å². The van der Waals surface area contributed by atoms with Crippen molar-refractivity contribution in [2.45, 2.75) is 39.5 Å². The monoisotopic (exact) mass is 730 g/mol. The average Bonchev–Trinajstić information content (AvgIpc) is 3.82. The van der Waals surface area contributed by atoms with Crippen LogP contribution in [0.1, 0.15) is 49.5 Å². The molecule has 0 bridgehead atoms. The number of rotatable bonds is 6. The van der Waals surface area contributed by atoms with Crippen LogP contribution in [0.15, 0.2) is 109 Å².